The van der Waals surface area contributed by atoms with E-state index in [1.165, 1.54) is 17.5 Å². The standard InChI is InChI=1S/C15H25N3O/c1-11-8-12(2)17-15(14(11)9-16-3)18(4)10-13-6-5-7-19-13/h8,13,16H,5-7,9-10H2,1-4H3. The van der Waals surface area contributed by atoms with E-state index in [1.807, 2.05) is 7.05 Å². The van der Waals surface area contributed by atoms with Gasteiger partial charge in [0.15, 0.2) is 0 Å². The summed E-state index contributed by atoms with van der Waals surface area (Å²) in [7, 11) is 4.09. The third kappa shape index (κ3) is 3.45. The van der Waals surface area contributed by atoms with Crippen LogP contribution in [0.5, 0.6) is 0 Å². The summed E-state index contributed by atoms with van der Waals surface area (Å²) in [5, 5.41) is 3.24. The van der Waals surface area contributed by atoms with Gasteiger partial charge in [0.25, 0.3) is 0 Å². The van der Waals surface area contributed by atoms with E-state index in [4.69, 9.17) is 9.72 Å². The van der Waals surface area contributed by atoms with E-state index in [9.17, 15) is 0 Å². The van der Waals surface area contributed by atoms with Crippen LogP contribution in [0.3, 0.4) is 0 Å². The van der Waals surface area contributed by atoms with Crippen molar-refractivity contribution in [3.05, 3.63) is 22.9 Å². The molecule has 1 aromatic rings. The Kier molecular flexibility index (Phi) is 4.77. The predicted octanol–water partition coefficient (Wildman–Crippen LogP) is 2.03. The van der Waals surface area contributed by atoms with Crippen LogP contribution >= 0.6 is 0 Å². The maximum absolute atomic E-state index is 5.72. The molecule has 0 aliphatic carbocycles. The van der Waals surface area contributed by atoms with E-state index in [1.54, 1.807) is 0 Å². The van der Waals surface area contributed by atoms with Crippen molar-refractivity contribution in [2.75, 3.05) is 32.1 Å². The molecule has 0 radical (unpaired) electrons. The van der Waals surface area contributed by atoms with Crippen molar-refractivity contribution in [3.8, 4) is 0 Å². The van der Waals surface area contributed by atoms with Crippen LogP contribution in [0.4, 0.5) is 5.82 Å². The summed E-state index contributed by atoms with van der Waals surface area (Å²) in [6.07, 6.45) is 2.70. The largest absolute Gasteiger partial charge is 0.376 e. The number of anilines is 1. The number of pyridine rings is 1. The van der Waals surface area contributed by atoms with Gasteiger partial charge in [-0.05, 0) is 45.4 Å². The number of rotatable bonds is 5. The van der Waals surface area contributed by atoms with Gasteiger partial charge in [0.1, 0.15) is 5.82 Å². The number of nitrogens with one attached hydrogen (secondary N) is 1. The molecule has 1 aliphatic rings. The lowest BCUT2D eigenvalue weighted by Crippen LogP contribution is -2.31. The highest BCUT2D eigenvalue weighted by Gasteiger charge is 2.20. The van der Waals surface area contributed by atoms with Gasteiger partial charge in [-0.3, -0.25) is 0 Å². The van der Waals surface area contributed by atoms with Crippen molar-refractivity contribution >= 4 is 5.82 Å². The van der Waals surface area contributed by atoms with E-state index < -0.39 is 0 Å². The molecular formula is C15H25N3O. The maximum atomic E-state index is 5.72. The Morgan fingerprint density at radius 2 is 2.26 bits per heavy atom. The van der Waals surface area contributed by atoms with Gasteiger partial charge in [0, 0.05) is 38.0 Å². The van der Waals surface area contributed by atoms with Crippen molar-refractivity contribution < 1.29 is 4.74 Å². The summed E-state index contributed by atoms with van der Waals surface area (Å²) in [5.41, 5.74) is 3.66. The molecule has 1 N–H and O–H groups in total. The lowest BCUT2D eigenvalue weighted by molar-refractivity contribution is 0.116. The fourth-order valence-electron chi connectivity index (χ4n) is 2.73. The average molecular weight is 263 g/mol. The first-order valence-corrected chi connectivity index (χ1v) is 7.06. The number of ether oxygens (including phenoxy) is 1. The first-order chi connectivity index (χ1) is 9.11. The summed E-state index contributed by atoms with van der Waals surface area (Å²) >= 11 is 0. The molecule has 106 valence electrons. The van der Waals surface area contributed by atoms with Gasteiger partial charge in [0.05, 0.1) is 6.10 Å². The zero-order chi connectivity index (χ0) is 13.8. The molecule has 0 spiro atoms. The summed E-state index contributed by atoms with van der Waals surface area (Å²) < 4.78 is 5.72. The molecule has 0 bridgehead atoms. The molecule has 0 amide bonds. The first kappa shape index (κ1) is 14.3. The van der Waals surface area contributed by atoms with Crippen LogP contribution in [-0.2, 0) is 11.3 Å². The maximum Gasteiger partial charge on any atom is 0.133 e. The van der Waals surface area contributed by atoms with Crippen molar-refractivity contribution in [3.63, 3.8) is 0 Å². The fourth-order valence-corrected chi connectivity index (χ4v) is 2.73. The summed E-state index contributed by atoms with van der Waals surface area (Å²) in [6.45, 7) is 6.89. The van der Waals surface area contributed by atoms with Gasteiger partial charge < -0.3 is 15.0 Å². The molecule has 4 nitrogen and oxygen atoms in total. The van der Waals surface area contributed by atoms with Gasteiger partial charge in [-0.15, -0.1) is 0 Å². The lowest BCUT2D eigenvalue weighted by atomic mass is 10.1. The second-order valence-electron chi connectivity index (χ2n) is 5.43. The molecule has 1 unspecified atom stereocenters. The quantitative estimate of drug-likeness (QED) is 0.882. The van der Waals surface area contributed by atoms with E-state index in [0.717, 1.165) is 37.6 Å². The van der Waals surface area contributed by atoms with Crippen molar-refractivity contribution in [1.29, 1.82) is 0 Å². The predicted molar refractivity (Wildman–Crippen MR) is 78.7 cm³/mol. The highest BCUT2D eigenvalue weighted by molar-refractivity contribution is 5.51. The van der Waals surface area contributed by atoms with E-state index in [0.29, 0.717) is 6.10 Å². The Balaban J connectivity index is 2.20. The Morgan fingerprint density at radius 3 is 2.89 bits per heavy atom. The molecule has 1 aliphatic heterocycles. The Labute approximate surface area is 116 Å². The fraction of sp³-hybridized carbons (Fsp3) is 0.667. The van der Waals surface area contributed by atoms with E-state index >= 15 is 0 Å². The summed E-state index contributed by atoms with van der Waals surface area (Å²) in [6, 6.07) is 2.15. The van der Waals surface area contributed by atoms with Gasteiger partial charge in [-0.25, -0.2) is 4.98 Å². The Bertz CT molecular complexity index is 428. The molecule has 2 rings (SSSR count). The molecule has 1 saturated heterocycles. The van der Waals surface area contributed by atoms with Crippen LogP contribution in [-0.4, -0.2) is 38.3 Å². The molecular weight excluding hydrogens is 238 g/mol. The number of likely N-dealkylation sites (N-methyl/N-ethyl adjacent to an activating group) is 1. The van der Waals surface area contributed by atoms with Gasteiger partial charge >= 0.3 is 0 Å². The van der Waals surface area contributed by atoms with Crippen LogP contribution < -0.4 is 10.2 Å². The van der Waals surface area contributed by atoms with E-state index in [-0.39, 0.29) is 0 Å². The first-order valence-electron chi connectivity index (χ1n) is 7.06. The van der Waals surface area contributed by atoms with Crippen LogP contribution in [0, 0.1) is 13.8 Å². The van der Waals surface area contributed by atoms with Crippen molar-refractivity contribution in [2.24, 2.45) is 0 Å². The minimum absolute atomic E-state index is 0.357. The third-order valence-corrected chi connectivity index (χ3v) is 3.67. The Hall–Kier alpha value is -1.13. The zero-order valence-corrected chi connectivity index (χ0v) is 12.5. The number of hydrogen-bond donors (Lipinski definition) is 1. The molecule has 1 aromatic heterocycles. The lowest BCUT2D eigenvalue weighted by Gasteiger charge is -2.25. The second kappa shape index (κ2) is 6.35. The molecule has 19 heavy (non-hydrogen) atoms. The highest BCUT2D eigenvalue weighted by Crippen LogP contribution is 2.23. The molecule has 1 atom stereocenters. The number of aryl methyl sites for hydroxylation is 2. The van der Waals surface area contributed by atoms with E-state index in [2.05, 4.69) is 37.2 Å². The van der Waals surface area contributed by atoms with Crippen LogP contribution in [0.25, 0.3) is 0 Å². The molecule has 0 aromatic carbocycles. The number of nitrogens with zero attached hydrogens (tertiary/aromatic N) is 2. The Morgan fingerprint density at radius 1 is 1.47 bits per heavy atom. The smallest absolute Gasteiger partial charge is 0.133 e. The van der Waals surface area contributed by atoms with Crippen molar-refractivity contribution in [2.45, 2.75) is 39.3 Å². The number of aromatic nitrogens is 1. The monoisotopic (exact) mass is 263 g/mol. The average Bonchev–Trinajstić information content (AvgIpc) is 2.85. The minimum atomic E-state index is 0.357. The van der Waals surface area contributed by atoms with Crippen LogP contribution in [0.1, 0.15) is 29.7 Å². The minimum Gasteiger partial charge on any atom is -0.376 e. The van der Waals surface area contributed by atoms with Gasteiger partial charge in [-0.1, -0.05) is 0 Å². The highest BCUT2D eigenvalue weighted by atomic mass is 16.5. The molecule has 2 heterocycles. The van der Waals surface area contributed by atoms with Crippen LogP contribution in [0.15, 0.2) is 6.07 Å². The third-order valence-electron chi connectivity index (χ3n) is 3.67. The second-order valence-corrected chi connectivity index (χ2v) is 5.43. The van der Waals surface area contributed by atoms with Crippen molar-refractivity contribution in [1.82, 2.24) is 10.3 Å². The normalized spacial score (nSPS) is 18.8. The molecule has 0 saturated carbocycles. The topological polar surface area (TPSA) is 37.4 Å². The van der Waals surface area contributed by atoms with Crippen LogP contribution in [0.2, 0.25) is 0 Å². The zero-order valence-electron chi connectivity index (χ0n) is 12.5. The SMILES string of the molecule is CNCc1c(C)cc(C)nc1N(C)CC1CCCO1. The van der Waals surface area contributed by atoms with Gasteiger partial charge in [0.2, 0.25) is 0 Å². The molecule has 1 fully saturated rings. The van der Waals surface area contributed by atoms with Gasteiger partial charge in [-0.2, -0.15) is 0 Å². The molecule has 4 heteroatoms. The number of hydrogen-bond acceptors (Lipinski definition) is 4. The summed E-state index contributed by atoms with van der Waals surface area (Å²) in [4.78, 5) is 6.96. The summed E-state index contributed by atoms with van der Waals surface area (Å²) in [5.74, 6) is 1.09.